The lowest BCUT2D eigenvalue weighted by Crippen LogP contribution is -2.66. The zero-order valence-electron chi connectivity index (χ0n) is 24.2. The summed E-state index contributed by atoms with van der Waals surface area (Å²) in [4.78, 5) is 21.7. The summed E-state index contributed by atoms with van der Waals surface area (Å²) in [6.45, 7) is 3.68. The molecular weight excluding hydrogens is 594 g/mol. The lowest BCUT2D eigenvalue weighted by atomic mass is 9.61. The van der Waals surface area contributed by atoms with Crippen LogP contribution in [0.2, 0.25) is 0 Å². The number of rotatable bonds is 7. The molecule has 1 spiro atoms. The van der Waals surface area contributed by atoms with Crippen molar-refractivity contribution in [3.05, 3.63) is 59.0 Å². The Kier molecular flexibility index (Phi) is 6.78. The van der Waals surface area contributed by atoms with E-state index < -0.39 is 17.8 Å². The maximum Gasteiger partial charge on any atom is 0.431 e. The molecule has 230 valence electrons. The van der Waals surface area contributed by atoms with Crippen molar-refractivity contribution in [3.8, 4) is 27.6 Å². The van der Waals surface area contributed by atoms with Crippen molar-refractivity contribution in [1.29, 1.82) is 0 Å². The second-order valence-electron chi connectivity index (χ2n) is 12.2. The number of carbonyl (C=O) groups is 1. The predicted octanol–water partition coefficient (Wildman–Crippen LogP) is 7.12. The molecule has 0 unspecified atom stereocenters. The van der Waals surface area contributed by atoms with Crippen LogP contribution < -0.4 is 10.5 Å². The molecular formula is C32H31F4N5O2S. The normalized spacial score (nSPS) is 16.6. The Morgan fingerprint density at radius 1 is 1.16 bits per heavy atom. The van der Waals surface area contributed by atoms with Gasteiger partial charge in [-0.25, -0.2) is 4.98 Å². The quantitative estimate of drug-likeness (QED) is 0.189. The number of hydrogen-bond acceptors (Lipinski definition) is 5. The van der Waals surface area contributed by atoms with E-state index in [4.69, 9.17) is 10.5 Å². The molecule has 2 fully saturated rings. The highest BCUT2D eigenvalue weighted by molar-refractivity contribution is 7.13. The van der Waals surface area contributed by atoms with E-state index in [1.807, 2.05) is 30.0 Å². The fourth-order valence-corrected chi connectivity index (χ4v) is 7.78. The summed E-state index contributed by atoms with van der Waals surface area (Å²) in [6, 6.07) is 10.4. The van der Waals surface area contributed by atoms with Crippen LogP contribution in [0, 0.1) is 18.3 Å². The summed E-state index contributed by atoms with van der Waals surface area (Å²) in [5, 5.41) is 2.72. The number of alkyl halides is 3. The van der Waals surface area contributed by atoms with E-state index in [-0.39, 0.29) is 45.7 Å². The molecule has 3 aromatic heterocycles. The lowest BCUT2D eigenvalue weighted by Gasteiger charge is -2.58. The van der Waals surface area contributed by atoms with Gasteiger partial charge in [-0.1, -0.05) is 12.1 Å². The van der Waals surface area contributed by atoms with Gasteiger partial charge < -0.3 is 24.9 Å². The van der Waals surface area contributed by atoms with Crippen LogP contribution >= 0.6 is 11.3 Å². The highest BCUT2D eigenvalue weighted by Crippen LogP contribution is 2.48. The third kappa shape index (κ3) is 4.75. The molecule has 1 aliphatic heterocycles. The fourth-order valence-electron chi connectivity index (χ4n) is 6.93. The van der Waals surface area contributed by atoms with Crippen LogP contribution in [0.3, 0.4) is 0 Å². The Morgan fingerprint density at radius 3 is 2.64 bits per heavy atom. The zero-order valence-corrected chi connectivity index (χ0v) is 25.0. The summed E-state index contributed by atoms with van der Waals surface area (Å²) in [5.74, 6) is -0.0579. The van der Waals surface area contributed by atoms with E-state index in [0.717, 1.165) is 42.8 Å². The minimum absolute atomic E-state index is 0.0600. The summed E-state index contributed by atoms with van der Waals surface area (Å²) in [6.07, 6.45) is -1.99. The monoisotopic (exact) mass is 625 g/mol. The standard InChI is InChI=1S/C32H31F4N5O2S/c1-17-5-7-20-24(10-17)41(9-3-4-25(42)40-15-31(16-40)12-18(37)13-31)29(33)27(20)30-39-23(14-44-30)26-21-11-19(43-2)6-8-22(21)38-28(26)32(34,35)36/h5-8,10-11,14,18,38H,3-4,9,12-13,15-16,37H2,1-2H3. The molecule has 1 amide bonds. The SMILES string of the molecule is COc1ccc2[nH]c(C(F)(F)F)c(-c3csc(-c4c(F)n(CCCC(=O)N5CC6(CC(N)C6)C5)c5cc(C)ccc45)n3)c2c1. The van der Waals surface area contributed by atoms with Crippen LogP contribution in [0.5, 0.6) is 5.75 Å². The Balaban J connectivity index is 1.20. The highest BCUT2D eigenvalue weighted by atomic mass is 32.1. The van der Waals surface area contributed by atoms with E-state index in [9.17, 15) is 18.0 Å². The van der Waals surface area contributed by atoms with Gasteiger partial charge in [0.2, 0.25) is 11.9 Å². The molecule has 0 radical (unpaired) electrons. The molecule has 7 rings (SSSR count). The first-order chi connectivity index (χ1) is 21.0. The number of carbonyl (C=O) groups excluding carboxylic acids is 1. The first-order valence-corrected chi connectivity index (χ1v) is 15.4. The molecule has 2 aliphatic rings. The summed E-state index contributed by atoms with van der Waals surface area (Å²) >= 11 is 1.09. The molecule has 5 aromatic rings. The Labute approximate surface area is 254 Å². The average molecular weight is 626 g/mol. The molecule has 12 heteroatoms. The molecule has 4 heterocycles. The van der Waals surface area contributed by atoms with Gasteiger partial charge in [0.05, 0.1) is 23.9 Å². The molecule has 1 saturated carbocycles. The van der Waals surface area contributed by atoms with Gasteiger partial charge in [-0.05, 0) is 56.0 Å². The van der Waals surface area contributed by atoms with E-state index in [0.29, 0.717) is 40.4 Å². The predicted molar refractivity (Wildman–Crippen MR) is 162 cm³/mol. The summed E-state index contributed by atoms with van der Waals surface area (Å²) in [7, 11) is 1.45. The van der Waals surface area contributed by atoms with E-state index in [1.54, 1.807) is 10.6 Å². The first kappa shape index (κ1) is 28.8. The number of aromatic nitrogens is 3. The van der Waals surface area contributed by atoms with Gasteiger partial charge in [0.15, 0.2) is 0 Å². The molecule has 7 nitrogen and oxygen atoms in total. The number of aromatic amines is 1. The Hall–Kier alpha value is -3.90. The molecule has 44 heavy (non-hydrogen) atoms. The maximum atomic E-state index is 16.2. The van der Waals surface area contributed by atoms with Crippen molar-refractivity contribution in [2.75, 3.05) is 20.2 Å². The maximum absolute atomic E-state index is 16.2. The van der Waals surface area contributed by atoms with Crippen LogP contribution in [-0.4, -0.2) is 51.6 Å². The summed E-state index contributed by atoms with van der Waals surface area (Å²) in [5.41, 5.74) is 7.31. The number of nitrogens with zero attached hydrogens (tertiary/aromatic N) is 3. The van der Waals surface area contributed by atoms with Crippen molar-refractivity contribution in [2.24, 2.45) is 11.1 Å². The van der Waals surface area contributed by atoms with Crippen LogP contribution in [0.15, 0.2) is 41.8 Å². The highest BCUT2D eigenvalue weighted by Gasteiger charge is 2.52. The number of fused-ring (bicyclic) bond motifs is 2. The lowest BCUT2D eigenvalue weighted by molar-refractivity contribution is -0.151. The number of nitrogens with two attached hydrogens (primary N) is 1. The van der Waals surface area contributed by atoms with Gasteiger partial charge in [-0.2, -0.15) is 17.6 Å². The van der Waals surface area contributed by atoms with E-state index in [2.05, 4.69) is 9.97 Å². The van der Waals surface area contributed by atoms with Gasteiger partial charge in [0, 0.05) is 64.7 Å². The number of likely N-dealkylation sites (tertiary alicyclic amines) is 1. The van der Waals surface area contributed by atoms with Crippen molar-refractivity contribution < 1.29 is 27.1 Å². The Morgan fingerprint density at radius 2 is 1.93 bits per heavy atom. The van der Waals surface area contributed by atoms with Crippen molar-refractivity contribution >= 4 is 39.0 Å². The van der Waals surface area contributed by atoms with Crippen LogP contribution in [-0.2, 0) is 17.5 Å². The van der Waals surface area contributed by atoms with Crippen LogP contribution in [0.4, 0.5) is 17.6 Å². The van der Waals surface area contributed by atoms with Crippen molar-refractivity contribution in [1.82, 2.24) is 19.4 Å². The molecule has 0 atom stereocenters. The largest absolute Gasteiger partial charge is 0.497 e. The van der Waals surface area contributed by atoms with E-state index >= 15 is 4.39 Å². The molecule has 1 saturated heterocycles. The number of halogens is 4. The number of hydrogen-bond donors (Lipinski definition) is 2. The second kappa shape index (κ2) is 10.3. The van der Waals surface area contributed by atoms with Crippen LogP contribution in [0.1, 0.15) is 36.9 Å². The number of nitrogens with one attached hydrogen (secondary N) is 1. The third-order valence-corrected chi connectivity index (χ3v) is 9.85. The number of benzene rings is 2. The van der Waals surface area contributed by atoms with Gasteiger partial charge >= 0.3 is 6.18 Å². The number of aryl methyl sites for hydroxylation is 2. The minimum atomic E-state index is -4.66. The smallest absolute Gasteiger partial charge is 0.431 e. The number of methoxy groups -OCH3 is 1. The minimum Gasteiger partial charge on any atom is -0.497 e. The van der Waals surface area contributed by atoms with Gasteiger partial charge in [-0.3, -0.25) is 4.79 Å². The first-order valence-electron chi connectivity index (χ1n) is 14.5. The van der Waals surface area contributed by atoms with Crippen molar-refractivity contribution in [3.63, 3.8) is 0 Å². The average Bonchev–Trinajstić information content (AvgIpc) is 3.63. The number of amides is 1. The number of H-pyrrole nitrogens is 1. The van der Waals surface area contributed by atoms with Crippen LogP contribution in [0.25, 0.3) is 43.6 Å². The topological polar surface area (TPSA) is 89.2 Å². The number of thiazole rings is 1. The van der Waals surface area contributed by atoms with Gasteiger partial charge in [-0.15, -0.1) is 11.3 Å². The zero-order chi connectivity index (χ0) is 31.0. The van der Waals surface area contributed by atoms with E-state index in [1.165, 1.54) is 24.6 Å². The third-order valence-electron chi connectivity index (χ3n) is 8.99. The number of ether oxygens (including phenoxy) is 1. The second-order valence-corrected chi connectivity index (χ2v) is 13.0. The fraction of sp³-hybridized carbons (Fsp3) is 0.375. The Bertz CT molecular complexity index is 1910. The summed E-state index contributed by atoms with van der Waals surface area (Å²) < 4.78 is 65.5. The van der Waals surface area contributed by atoms with Gasteiger partial charge in [0.25, 0.3) is 0 Å². The molecule has 3 N–H and O–H groups in total. The molecule has 2 aromatic carbocycles. The molecule has 1 aliphatic carbocycles. The van der Waals surface area contributed by atoms with Crippen molar-refractivity contribution in [2.45, 2.75) is 51.4 Å². The van der Waals surface area contributed by atoms with Gasteiger partial charge in [0.1, 0.15) is 16.5 Å². The molecule has 0 bridgehead atoms.